The fourth-order valence-electron chi connectivity index (χ4n) is 1.01. The van der Waals surface area contributed by atoms with Gasteiger partial charge in [-0.1, -0.05) is 17.3 Å². The normalized spacial score (nSPS) is 12.4. The van der Waals surface area contributed by atoms with Crippen molar-refractivity contribution in [3.05, 3.63) is 29.8 Å². The van der Waals surface area contributed by atoms with Crippen LogP contribution in [-0.4, -0.2) is 27.6 Å². The van der Waals surface area contributed by atoms with Gasteiger partial charge in [0.25, 0.3) is 5.91 Å². The second-order valence-electron chi connectivity index (χ2n) is 3.34. The number of nitrogens with one attached hydrogen (secondary N) is 1. The molecule has 0 atom stereocenters. The molecule has 0 unspecified atom stereocenters. The quantitative estimate of drug-likeness (QED) is 0.419. The molecule has 1 amide bonds. The first-order valence-electron chi connectivity index (χ1n) is 4.88. The van der Waals surface area contributed by atoms with Crippen molar-refractivity contribution in [2.24, 2.45) is 10.3 Å². The van der Waals surface area contributed by atoms with Crippen LogP contribution in [0.5, 0.6) is 5.75 Å². The van der Waals surface area contributed by atoms with E-state index in [0.29, 0.717) is 11.4 Å². The van der Waals surface area contributed by atoms with Crippen LogP contribution in [0.3, 0.4) is 0 Å². The lowest BCUT2D eigenvalue weighted by molar-refractivity contribution is 0.0952. The van der Waals surface area contributed by atoms with E-state index in [1.807, 2.05) is 0 Å². The molecule has 0 spiro atoms. The monoisotopic (exact) mass is 235 g/mol. The highest BCUT2D eigenvalue weighted by atomic mass is 16.4. The molecule has 0 aliphatic heterocycles. The molecule has 1 aromatic carbocycles. The topological polar surface area (TPSA) is 94.3 Å². The van der Waals surface area contributed by atoms with Crippen LogP contribution in [0.15, 0.2) is 34.5 Å². The summed E-state index contributed by atoms with van der Waals surface area (Å²) in [6.07, 6.45) is 0. The molecule has 0 heterocycles. The van der Waals surface area contributed by atoms with Gasteiger partial charge in [0.2, 0.25) is 0 Å². The molecule has 0 saturated carbocycles. The van der Waals surface area contributed by atoms with Crippen LogP contribution in [-0.2, 0) is 0 Å². The van der Waals surface area contributed by atoms with E-state index in [4.69, 9.17) is 5.21 Å². The van der Waals surface area contributed by atoms with Crippen LogP contribution < -0.4 is 5.43 Å². The first-order valence-corrected chi connectivity index (χ1v) is 4.88. The number of phenolic OH excluding ortho intramolecular Hbond substituents is 1. The predicted octanol–water partition coefficient (Wildman–Crippen LogP) is 1.35. The highest BCUT2D eigenvalue weighted by Crippen LogP contribution is 2.14. The maximum Gasteiger partial charge on any atom is 0.275 e. The number of phenols is 1. The van der Waals surface area contributed by atoms with E-state index < -0.39 is 5.91 Å². The highest BCUT2D eigenvalue weighted by molar-refractivity contribution is 6.40. The van der Waals surface area contributed by atoms with E-state index in [2.05, 4.69) is 15.7 Å². The summed E-state index contributed by atoms with van der Waals surface area (Å²) in [6.45, 7) is 3.13. The number of hydrazone groups is 1. The Morgan fingerprint density at radius 2 is 1.88 bits per heavy atom. The zero-order valence-corrected chi connectivity index (χ0v) is 9.51. The van der Waals surface area contributed by atoms with Gasteiger partial charge in [-0.3, -0.25) is 4.79 Å². The third-order valence-electron chi connectivity index (χ3n) is 2.15. The van der Waals surface area contributed by atoms with Gasteiger partial charge in [0.05, 0.1) is 17.0 Å². The van der Waals surface area contributed by atoms with Gasteiger partial charge < -0.3 is 10.3 Å². The third kappa shape index (κ3) is 3.30. The van der Waals surface area contributed by atoms with Gasteiger partial charge >= 0.3 is 0 Å². The summed E-state index contributed by atoms with van der Waals surface area (Å²) in [7, 11) is 0. The number of rotatable bonds is 3. The number of hydrogen-bond donors (Lipinski definition) is 3. The Morgan fingerprint density at radius 1 is 1.24 bits per heavy atom. The molecule has 3 N–H and O–H groups in total. The van der Waals surface area contributed by atoms with Crippen molar-refractivity contribution in [2.75, 3.05) is 0 Å². The average molecular weight is 235 g/mol. The Hall–Kier alpha value is -2.37. The molecule has 0 aliphatic carbocycles. The number of hydrogen-bond acceptors (Lipinski definition) is 5. The maximum absolute atomic E-state index is 11.6. The molecule has 6 nitrogen and oxygen atoms in total. The van der Waals surface area contributed by atoms with Crippen molar-refractivity contribution in [1.82, 2.24) is 5.43 Å². The Bertz CT molecular complexity index is 481. The van der Waals surface area contributed by atoms with Crippen molar-refractivity contribution >= 4 is 17.3 Å². The molecular formula is C11H13N3O3. The lowest BCUT2D eigenvalue weighted by Crippen LogP contribution is -2.21. The first kappa shape index (κ1) is 12.7. The highest BCUT2D eigenvalue weighted by Gasteiger charge is 2.09. The molecule has 1 rings (SSSR count). The minimum atomic E-state index is -0.534. The van der Waals surface area contributed by atoms with Gasteiger partial charge in [-0.15, -0.1) is 0 Å². The van der Waals surface area contributed by atoms with E-state index in [1.54, 1.807) is 26.0 Å². The molecule has 0 fully saturated rings. The Labute approximate surface area is 98.3 Å². The summed E-state index contributed by atoms with van der Waals surface area (Å²) in [5.74, 6) is -0.654. The van der Waals surface area contributed by atoms with Gasteiger partial charge in [0.15, 0.2) is 0 Å². The van der Waals surface area contributed by atoms with Crippen molar-refractivity contribution in [2.45, 2.75) is 13.8 Å². The fraction of sp³-hybridized carbons (Fsp3) is 0.182. The second-order valence-corrected chi connectivity index (χ2v) is 3.34. The number of oxime groups is 1. The Balaban J connectivity index is 2.78. The minimum absolute atomic E-state index is 0.120. The smallest absolute Gasteiger partial charge is 0.275 e. The van der Waals surface area contributed by atoms with Gasteiger partial charge in [0, 0.05) is 0 Å². The molecule has 0 aliphatic rings. The average Bonchev–Trinajstić information content (AvgIpc) is 2.35. The fourth-order valence-corrected chi connectivity index (χ4v) is 1.01. The molecule has 6 heteroatoms. The SMILES string of the molecule is CC(=N\O)/C(C)=N/NC(=O)c1ccccc1O. The van der Waals surface area contributed by atoms with Crippen molar-refractivity contribution < 1.29 is 15.1 Å². The number of benzene rings is 1. The van der Waals surface area contributed by atoms with Gasteiger partial charge in [-0.2, -0.15) is 5.10 Å². The molecular weight excluding hydrogens is 222 g/mol. The third-order valence-corrected chi connectivity index (χ3v) is 2.15. The molecule has 0 bridgehead atoms. The van der Waals surface area contributed by atoms with Crippen molar-refractivity contribution in [1.29, 1.82) is 0 Å². The van der Waals surface area contributed by atoms with E-state index in [1.165, 1.54) is 12.1 Å². The van der Waals surface area contributed by atoms with E-state index in [-0.39, 0.29) is 11.3 Å². The Morgan fingerprint density at radius 3 is 2.47 bits per heavy atom. The number of aromatic hydroxyl groups is 1. The van der Waals surface area contributed by atoms with Crippen molar-refractivity contribution in [3.8, 4) is 5.75 Å². The Kier molecular flexibility index (Phi) is 4.21. The summed E-state index contributed by atoms with van der Waals surface area (Å²) in [4.78, 5) is 11.6. The summed E-state index contributed by atoms with van der Waals surface area (Å²) in [5, 5.41) is 24.6. The van der Waals surface area contributed by atoms with Crippen LogP contribution in [0.2, 0.25) is 0 Å². The van der Waals surface area contributed by atoms with E-state index in [0.717, 1.165) is 0 Å². The summed E-state index contributed by atoms with van der Waals surface area (Å²) >= 11 is 0. The molecule has 0 aromatic heterocycles. The molecule has 0 saturated heterocycles. The van der Waals surface area contributed by atoms with Crippen LogP contribution in [0, 0.1) is 0 Å². The van der Waals surface area contributed by atoms with Gasteiger partial charge in [-0.25, -0.2) is 5.43 Å². The van der Waals surface area contributed by atoms with Crippen LogP contribution in [0.4, 0.5) is 0 Å². The molecule has 1 aromatic rings. The predicted molar refractivity (Wildman–Crippen MR) is 63.6 cm³/mol. The van der Waals surface area contributed by atoms with Crippen molar-refractivity contribution in [3.63, 3.8) is 0 Å². The molecule has 0 radical (unpaired) electrons. The molecule has 90 valence electrons. The first-order chi connectivity index (χ1) is 8.06. The van der Waals surface area contributed by atoms with Gasteiger partial charge in [-0.05, 0) is 26.0 Å². The standard InChI is InChI=1S/C11H13N3O3/c1-7(8(2)14-17)12-13-11(16)9-5-3-4-6-10(9)15/h3-6,15,17H,1-2H3,(H,13,16)/b12-7+,14-8+. The number of para-hydroxylation sites is 1. The second kappa shape index (κ2) is 5.64. The summed E-state index contributed by atoms with van der Waals surface area (Å²) in [5.41, 5.74) is 3.04. The lowest BCUT2D eigenvalue weighted by atomic mass is 10.2. The maximum atomic E-state index is 11.6. The number of amides is 1. The van der Waals surface area contributed by atoms with Gasteiger partial charge in [0.1, 0.15) is 5.75 Å². The number of carbonyl (C=O) groups is 1. The van der Waals surface area contributed by atoms with E-state index in [9.17, 15) is 9.90 Å². The zero-order chi connectivity index (χ0) is 12.8. The van der Waals surface area contributed by atoms with Crippen LogP contribution in [0.1, 0.15) is 24.2 Å². The molecule has 17 heavy (non-hydrogen) atoms. The minimum Gasteiger partial charge on any atom is -0.507 e. The lowest BCUT2D eigenvalue weighted by Gasteiger charge is -2.03. The summed E-state index contributed by atoms with van der Waals surface area (Å²) < 4.78 is 0. The zero-order valence-electron chi connectivity index (χ0n) is 9.51. The number of nitrogens with zero attached hydrogens (tertiary/aromatic N) is 2. The number of carbonyl (C=O) groups excluding carboxylic acids is 1. The van der Waals surface area contributed by atoms with E-state index >= 15 is 0 Å². The largest absolute Gasteiger partial charge is 0.507 e. The van der Waals surface area contributed by atoms with Crippen LogP contribution in [0.25, 0.3) is 0 Å². The van der Waals surface area contributed by atoms with Crippen LogP contribution >= 0.6 is 0 Å². The summed E-state index contributed by atoms with van der Waals surface area (Å²) in [6, 6.07) is 6.13.